The highest BCUT2D eigenvalue weighted by atomic mass is 79.9. The second-order valence-corrected chi connectivity index (χ2v) is 5.54. The highest BCUT2D eigenvalue weighted by Crippen LogP contribution is 2.39. The van der Waals surface area contributed by atoms with Crippen LogP contribution in [0, 0.1) is 5.41 Å². The predicted molar refractivity (Wildman–Crippen MR) is 70.7 cm³/mol. The summed E-state index contributed by atoms with van der Waals surface area (Å²) < 4.78 is 4.90. The number of furan rings is 1. The highest BCUT2D eigenvalue weighted by molar-refractivity contribution is 9.09. The van der Waals surface area contributed by atoms with E-state index in [0.717, 1.165) is 18.2 Å². The molecule has 1 aromatic heterocycles. The van der Waals surface area contributed by atoms with E-state index < -0.39 is 0 Å². The van der Waals surface area contributed by atoms with Crippen LogP contribution in [-0.2, 0) is 0 Å². The summed E-state index contributed by atoms with van der Waals surface area (Å²) in [7, 11) is 0. The lowest BCUT2D eigenvalue weighted by Crippen LogP contribution is -2.37. The summed E-state index contributed by atoms with van der Waals surface area (Å²) in [6, 6.07) is 1.59. The summed E-state index contributed by atoms with van der Waals surface area (Å²) in [6.07, 6.45) is 6.24. The maximum absolute atomic E-state index is 11.9. The van der Waals surface area contributed by atoms with Gasteiger partial charge in [-0.15, -0.1) is 0 Å². The van der Waals surface area contributed by atoms with Gasteiger partial charge in [0.25, 0.3) is 5.91 Å². The molecule has 17 heavy (non-hydrogen) atoms. The number of amides is 1. The van der Waals surface area contributed by atoms with Crippen LogP contribution >= 0.6 is 27.5 Å². The molecule has 0 aromatic carbocycles. The molecule has 0 atom stereocenters. The molecule has 1 heterocycles. The zero-order valence-corrected chi connectivity index (χ0v) is 11.8. The minimum atomic E-state index is -0.157. The zero-order valence-electron chi connectivity index (χ0n) is 9.47. The molecule has 0 aliphatic heterocycles. The van der Waals surface area contributed by atoms with Crippen LogP contribution in [0.1, 0.15) is 36.0 Å². The summed E-state index contributed by atoms with van der Waals surface area (Å²) in [5.41, 5.74) is 0.626. The fraction of sp³-hybridized carbons (Fsp3) is 0.583. The van der Waals surface area contributed by atoms with Gasteiger partial charge in [-0.2, -0.15) is 0 Å². The lowest BCUT2D eigenvalue weighted by Gasteiger charge is -2.26. The molecule has 5 heteroatoms. The average Bonchev–Trinajstić information content (AvgIpc) is 2.95. The van der Waals surface area contributed by atoms with E-state index in [1.54, 1.807) is 6.07 Å². The van der Waals surface area contributed by atoms with Crippen LogP contribution in [0.15, 0.2) is 16.7 Å². The fourth-order valence-electron chi connectivity index (χ4n) is 2.30. The Balaban J connectivity index is 1.94. The van der Waals surface area contributed by atoms with Gasteiger partial charge in [0.2, 0.25) is 5.22 Å². The number of halogens is 2. The molecule has 1 amide bonds. The van der Waals surface area contributed by atoms with Gasteiger partial charge in [0, 0.05) is 11.9 Å². The second kappa shape index (κ2) is 5.44. The first kappa shape index (κ1) is 13.0. The molecule has 1 N–H and O–H groups in total. The molecular formula is C12H15BrClNO2. The Morgan fingerprint density at radius 3 is 2.76 bits per heavy atom. The Hall–Kier alpha value is -0.480. The van der Waals surface area contributed by atoms with Gasteiger partial charge in [0.1, 0.15) is 0 Å². The van der Waals surface area contributed by atoms with Crippen LogP contribution in [0.2, 0.25) is 5.22 Å². The molecule has 94 valence electrons. The first-order valence-electron chi connectivity index (χ1n) is 5.74. The van der Waals surface area contributed by atoms with E-state index in [9.17, 15) is 4.79 Å². The fourth-order valence-corrected chi connectivity index (χ4v) is 3.26. The van der Waals surface area contributed by atoms with Crippen LogP contribution in [0.3, 0.4) is 0 Å². The minimum Gasteiger partial charge on any atom is -0.452 e. The smallest absolute Gasteiger partial charge is 0.256 e. The number of nitrogens with one attached hydrogen (secondary N) is 1. The highest BCUT2D eigenvalue weighted by Gasteiger charge is 2.33. The van der Waals surface area contributed by atoms with Gasteiger partial charge >= 0.3 is 0 Å². The predicted octanol–water partition coefficient (Wildman–Crippen LogP) is 3.62. The third-order valence-corrected chi connectivity index (χ3v) is 4.92. The summed E-state index contributed by atoms with van der Waals surface area (Å²) in [5, 5.41) is 4.03. The number of hydrogen-bond donors (Lipinski definition) is 1. The van der Waals surface area contributed by atoms with Crippen molar-refractivity contribution in [2.24, 2.45) is 5.41 Å². The molecule has 1 aromatic rings. The van der Waals surface area contributed by atoms with E-state index in [2.05, 4.69) is 21.2 Å². The largest absolute Gasteiger partial charge is 0.452 e. The van der Waals surface area contributed by atoms with E-state index >= 15 is 0 Å². The van der Waals surface area contributed by atoms with E-state index in [0.29, 0.717) is 12.1 Å². The molecule has 2 rings (SSSR count). The van der Waals surface area contributed by atoms with Crippen molar-refractivity contribution in [1.82, 2.24) is 5.32 Å². The molecule has 1 saturated carbocycles. The lowest BCUT2D eigenvalue weighted by molar-refractivity contribution is 0.0935. The topological polar surface area (TPSA) is 42.2 Å². The van der Waals surface area contributed by atoms with Crippen molar-refractivity contribution in [3.05, 3.63) is 23.1 Å². The Labute approximate surface area is 114 Å². The summed E-state index contributed by atoms with van der Waals surface area (Å²) in [6.45, 7) is 0.693. The molecule has 1 fully saturated rings. The second-order valence-electron chi connectivity index (χ2n) is 4.63. The van der Waals surface area contributed by atoms with Crippen LogP contribution in [0.4, 0.5) is 0 Å². The number of alkyl halides is 1. The van der Waals surface area contributed by atoms with Crippen LogP contribution in [0.5, 0.6) is 0 Å². The van der Waals surface area contributed by atoms with Gasteiger partial charge in [0.15, 0.2) is 0 Å². The normalized spacial score (nSPS) is 18.2. The van der Waals surface area contributed by atoms with E-state index in [-0.39, 0.29) is 16.5 Å². The number of carbonyl (C=O) groups is 1. The van der Waals surface area contributed by atoms with E-state index in [4.69, 9.17) is 16.0 Å². The maximum atomic E-state index is 11.9. The van der Waals surface area contributed by atoms with Gasteiger partial charge in [-0.25, -0.2) is 0 Å². The van der Waals surface area contributed by atoms with Crippen LogP contribution in [-0.4, -0.2) is 17.8 Å². The molecule has 0 bridgehead atoms. The van der Waals surface area contributed by atoms with Crippen molar-refractivity contribution in [3.8, 4) is 0 Å². The van der Waals surface area contributed by atoms with Crippen molar-refractivity contribution >= 4 is 33.4 Å². The van der Waals surface area contributed by atoms with Gasteiger partial charge in [-0.3, -0.25) is 4.79 Å². The summed E-state index contributed by atoms with van der Waals surface area (Å²) in [4.78, 5) is 11.9. The van der Waals surface area contributed by atoms with Crippen molar-refractivity contribution in [3.63, 3.8) is 0 Å². The molecule has 0 radical (unpaired) electrons. The molecule has 1 aliphatic carbocycles. The molecule has 0 unspecified atom stereocenters. The van der Waals surface area contributed by atoms with Crippen molar-refractivity contribution in [2.75, 3.05) is 11.9 Å². The first-order valence-corrected chi connectivity index (χ1v) is 7.24. The lowest BCUT2D eigenvalue weighted by atomic mass is 9.89. The summed E-state index contributed by atoms with van der Waals surface area (Å²) >= 11 is 9.31. The third-order valence-electron chi connectivity index (χ3n) is 3.43. The van der Waals surface area contributed by atoms with E-state index in [1.165, 1.54) is 19.1 Å². The molecule has 0 saturated heterocycles. The van der Waals surface area contributed by atoms with Gasteiger partial charge in [-0.05, 0) is 35.9 Å². The Morgan fingerprint density at radius 1 is 1.53 bits per heavy atom. The first-order chi connectivity index (χ1) is 8.17. The van der Waals surface area contributed by atoms with Crippen molar-refractivity contribution < 1.29 is 9.21 Å². The van der Waals surface area contributed by atoms with Crippen molar-refractivity contribution in [2.45, 2.75) is 25.7 Å². The Morgan fingerprint density at radius 2 is 2.24 bits per heavy atom. The quantitative estimate of drug-likeness (QED) is 0.861. The third kappa shape index (κ3) is 2.86. The van der Waals surface area contributed by atoms with Crippen LogP contribution < -0.4 is 5.32 Å². The van der Waals surface area contributed by atoms with Crippen LogP contribution in [0.25, 0.3) is 0 Å². The molecular weight excluding hydrogens is 305 g/mol. The monoisotopic (exact) mass is 319 g/mol. The SMILES string of the molecule is O=C(NCC1(CBr)CCCC1)c1ccoc1Cl. The van der Waals surface area contributed by atoms with Crippen molar-refractivity contribution in [1.29, 1.82) is 0 Å². The molecule has 0 spiro atoms. The summed E-state index contributed by atoms with van der Waals surface area (Å²) in [5.74, 6) is -0.157. The Bertz CT molecular complexity index is 399. The van der Waals surface area contributed by atoms with Gasteiger partial charge < -0.3 is 9.73 Å². The van der Waals surface area contributed by atoms with Gasteiger partial charge in [-0.1, -0.05) is 28.8 Å². The number of carbonyl (C=O) groups excluding carboxylic acids is 1. The number of rotatable bonds is 4. The molecule has 1 aliphatic rings. The van der Waals surface area contributed by atoms with Gasteiger partial charge in [0.05, 0.1) is 11.8 Å². The zero-order chi connectivity index (χ0) is 12.3. The average molecular weight is 321 g/mol. The minimum absolute atomic E-state index is 0.154. The van der Waals surface area contributed by atoms with E-state index in [1.807, 2.05) is 0 Å². The molecule has 3 nitrogen and oxygen atoms in total. The number of hydrogen-bond acceptors (Lipinski definition) is 2. The maximum Gasteiger partial charge on any atom is 0.256 e. The Kier molecular flexibility index (Phi) is 4.15. The standard InChI is InChI=1S/C12H15BrClNO2/c13-7-12(4-1-2-5-12)8-15-11(16)9-3-6-17-10(9)14/h3,6H,1-2,4-5,7-8H2,(H,15,16).